The number of aliphatic hydroxyl groups excluding tert-OH is 1. The van der Waals surface area contributed by atoms with Crippen LogP contribution >= 0.6 is 7.82 Å². The predicted octanol–water partition coefficient (Wildman–Crippen LogP) is 17.4. The van der Waals surface area contributed by atoms with E-state index in [0.29, 0.717) is 17.4 Å². The molecule has 67 heavy (non-hydrogen) atoms. The second-order valence-corrected chi connectivity index (χ2v) is 22.5. The number of phosphoric acid groups is 1. The molecule has 0 saturated heterocycles. The number of rotatable bonds is 53. The lowest BCUT2D eigenvalue weighted by Gasteiger charge is -2.25. The summed E-state index contributed by atoms with van der Waals surface area (Å²) in [6.45, 7) is 4.80. The third kappa shape index (κ3) is 52.4. The molecule has 0 saturated carbocycles. The van der Waals surface area contributed by atoms with Crippen molar-refractivity contribution in [3.05, 3.63) is 36.5 Å². The number of phosphoric ester groups is 1. The van der Waals surface area contributed by atoms with E-state index in [1.165, 1.54) is 218 Å². The highest BCUT2D eigenvalue weighted by Gasteiger charge is 2.27. The van der Waals surface area contributed by atoms with Gasteiger partial charge in [-0.3, -0.25) is 13.8 Å². The number of carbonyl (C=O) groups excluding carboxylic acids is 1. The summed E-state index contributed by atoms with van der Waals surface area (Å²) in [5.74, 6) is -0.184. The van der Waals surface area contributed by atoms with Gasteiger partial charge in [0.1, 0.15) is 13.2 Å². The van der Waals surface area contributed by atoms with Gasteiger partial charge < -0.3 is 19.8 Å². The van der Waals surface area contributed by atoms with Gasteiger partial charge >= 0.3 is 7.82 Å². The molecule has 0 aliphatic heterocycles. The van der Waals surface area contributed by atoms with Crippen molar-refractivity contribution >= 4 is 13.7 Å². The van der Waals surface area contributed by atoms with Gasteiger partial charge in [-0.2, -0.15) is 0 Å². The highest BCUT2D eigenvalue weighted by Crippen LogP contribution is 2.43. The van der Waals surface area contributed by atoms with Crippen molar-refractivity contribution in [2.24, 2.45) is 0 Å². The first kappa shape index (κ1) is 65.7. The SMILES string of the molecule is CCCCCCCC/C=C/CC/C=C/C(O)C(COP(=O)(O)OCC[N+](C)(C)C)NC(=O)CCCCCCCCCCCCCCCCCCCCCCC/C=C\CCCCCCCCCC. The molecule has 0 heterocycles. The van der Waals surface area contributed by atoms with Crippen LogP contribution in [0.5, 0.6) is 0 Å². The molecule has 0 spiro atoms. The summed E-state index contributed by atoms with van der Waals surface area (Å²) in [5.41, 5.74) is 0. The van der Waals surface area contributed by atoms with Crippen LogP contribution in [0.3, 0.4) is 0 Å². The molecular weight excluding hydrogens is 852 g/mol. The molecular formula is C58H114N2O6P+. The van der Waals surface area contributed by atoms with Crippen molar-refractivity contribution in [3.8, 4) is 0 Å². The van der Waals surface area contributed by atoms with E-state index in [4.69, 9.17) is 9.05 Å². The van der Waals surface area contributed by atoms with Crippen LogP contribution in [0.25, 0.3) is 0 Å². The quantitative estimate of drug-likeness (QED) is 0.0243. The Kier molecular flexibility index (Phi) is 48.7. The summed E-state index contributed by atoms with van der Waals surface area (Å²) in [5, 5.41) is 13.8. The molecule has 1 amide bonds. The van der Waals surface area contributed by atoms with Gasteiger partial charge in [-0.05, 0) is 57.8 Å². The van der Waals surface area contributed by atoms with E-state index in [9.17, 15) is 19.4 Å². The Hall–Kier alpha value is -1.28. The summed E-state index contributed by atoms with van der Waals surface area (Å²) >= 11 is 0. The fourth-order valence-corrected chi connectivity index (χ4v) is 9.26. The van der Waals surface area contributed by atoms with Gasteiger partial charge in [-0.15, -0.1) is 0 Å². The topological polar surface area (TPSA) is 105 Å². The smallest absolute Gasteiger partial charge is 0.387 e. The van der Waals surface area contributed by atoms with Gasteiger partial charge in [-0.1, -0.05) is 249 Å². The zero-order valence-electron chi connectivity index (χ0n) is 45.2. The average Bonchev–Trinajstić information content (AvgIpc) is 3.29. The van der Waals surface area contributed by atoms with E-state index in [-0.39, 0.29) is 19.1 Å². The largest absolute Gasteiger partial charge is 0.472 e. The normalized spacial score (nSPS) is 14.2. The molecule has 0 radical (unpaired) electrons. The van der Waals surface area contributed by atoms with Crippen LogP contribution in [-0.2, 0) is 18.4 Å². The molecule has 0 aliphatic rings. The highest BCUT2D eigenvalue weighted by atomic mass is 31.2. The molecule has 0 fully saturated rings. The number of quaternary nitrogens is 1. The monoisotopic (exact) mass is 966 g/mol. The first-order valence-electron chi connectivity index (χ1n) is 28.9. The van der Waals surface area contributed by atoms with Crippen molar-refractivity contribution in [2.75, 3.05) is 40.9 Å². The third-order valence-corrected chi connectivity index (χ3v) is 14.1. The lowest BCUT2D eigenvalue weighted by Crippen LogP contribution is -2.45. The summed E-state index contributed by atoms with van der Waals surface area (Å²) in [6.07, 6.45) is 64.2. The molecule has 396 valence electrons. The minimum absolute atomic E-state index is 0.0574. The number of nitrogens with zero attached hydrogens (tertiary/aromatic N) is 1. The van der Waals surface area contributed by atoms with Gasteiger partial charge in [0.15, 0.2) is 0 Å². The van der Waals surface area contributed by atoms with Gasteiger partial charge in [0.2, 0.25) is 5.91 Å². The average molecular weight is 967 g/mol. The van der Waals surface area contributed by atoms with Crippen LogP contribution in [0.15, 0.2) is 36.5 Å². The Bertz CT molecular complexity index is 1190. The van der Waals surface area contributed by atoms with Gasteiger partial charge in [0.05, 0.1) is 39.9 Å². The van der Waals surface area contributed by atoms with E-state index in [0.717, 1.165) is 38.5 Å². The minimum atomic E-state index is -4.35. The standard InChI is InChI=1S/C58H113N2O6P/c1-6-8-10-12-14-16-18-20-21-22-23-24-25-26-27-28-29-30-31-32-33-34-35-36-37-38-39-40-42-44-46-48-50-52-58(62)59-56(55-66-67(63,64)65-54-53-60(3,4)5)57(61)51-49-47-45-43-41-19-17-15-13-11-9-7-2/h22-23,41,43,49,51,56-57,61H,6-21,24-40,42,44-48,50,52-55H2,1-5H3,(H-,59,62,63,64)/p+1/b23-22-,43-41+,51-49+. The molecule has 0 rings (SSSR count). The Morgan fingerprint density at radius 1 is 0.493 bits per heavy atom. The zero-order valence-corrected chi connectivity index (χ0v) is 46.0. The lowest BCUT2D eigenvalue weighted by atomic mass is 10.0. The first-order chi connectivity index (χ1) is 32.5. The molecule has 0 aliphatic carbocycles. The maximum atomic E-state index is 12.9. The van der Waals surface area contributed by atoms with Crippen molar-refractivity contribution in [3.63, 3.8) is 0 Å². The first-order valence-corrected chi connectivity index (χ1v) is 30.4. The predicted molar refractivity (Wildman–Crippen MR) is 291 cm³/mol. The second-order valence-electron chi connectivity index (χ2n) is 21.0. The summed E-state index contributed by atoms with van der Waals surface area (Å²) in [4.78, 5) is 23.2. The van der Waals surface area contributed by atoms with Gasteiger partial charge in [0, 0.05) is 6.42 Å². The highest BCUT2D eigenvalue weighted by molar-refractivity contribution is 7.47. The summed E-state index contributed by atoms with van der Waals surface area (Å²) in [6, 6.07) is -0.860. The van der Waals surface area contributed by atoms with Crippen molar-refractivity contribution in [1.82, 2.24) is 5.32 Å². The van der Waals surface area contributed by atoms with Crippen LogP contribution in [0.4, 0.5) is 0 Å². The number of hydrogen-bond donors (Lipinski definition) is 3. The third-order valence-electron chi connectivity index (χ3n) is 13.1. The molecule has 3 atom stereocenters. The van der Waals surface area contributed by atoms with Crippen LogP contribution in [-0.4, -0.2) is 73.4 Å². The van der Waals surface area contributed by atoms with E-state index < -0.39 is 20.0 Å². The lowest BCUT2D eigenvalue weighted by molar-refractivity contribution is -0.870. The molecule has 8 nitrogen and oxygen atoms in total. The number of amides is 1. The van der Waals surface area contributed by atoms with Crippen LogP contribution in [0.2, 0.25) is 0 Å². The number of carbonyl (C=O) groups is 1. The number of unbranched alkanes of at least 4 members (excludes halogenated alkanes) is 36. The fourth-order valence-electron chi connectivity index (χ4n) is 8.53. The van der Waals surface area contributed by atoms with Crippen LogP contribution < -0.4 is 5.32 Å². The maximum Gasteiger partial charge on any atom is 0.472 e. The van der Waals surface area contributed by atoms with Gasteiger partial charge in [-0.25, -0.2) is 4.57 Å². The molecule has 0 aromatic heterocycles. The van der Waals surface area contributed by atoms with E-state index in [1.54, 1.807) is 6.08 Å². The van der Waals surface area contributed by atoms with E-state index >= 15 is 0 Å². The number of allylic oxidation sites excluding steroid dienone is 5. The molecule has 0 aromatic carbocycles. The Balaban J connectivity index is 3.97. The Morgan fingerprint density at radius 2 is 0.821 bits per heavy atom. The summed E-state index contributed by atoms with van der Waals surface area (Å²) in [7, 11) is 1.56. The molecule has 0 bridgehead atoms. The minimum Gasteiger partial charge on any atom is -0.387 e. The van der Waals surface area contributed by atoms with E-state index in [1.807, 2.05) is 27.2 Å². The number of aliphatic hydroxyl groups is 1. The van der Waals surface area contributed by atoms with Crippen LogP contribution in [0.1, 0.15) is 277 Å². The zero-order chi connectivity index (χ0) is 49.2. The molecule has 3 unspecified atom stereocenters. The van der Waals surface area contributed by atoms with Crippen molar-refractivity contribution < 1.29 is 32.9 Å². The van der Waals surface area contributed by atoms with Gasteiger partial charge in [0.25, 0.3) is 0 Å². The number of likely N-dealkylation sites (N-methyl/N-ethyl adjacent to an activating group) is 1. The fraction of sp³-hybridized carbons (Fsp3) is 0.879. The molecule has 9 heteroatoms. The van der Waals surface area contributed by atoms with E-state index in [2.05, 4.69) is 43.5 Å². The number of nitrogens with one attached hydrogen (secondary N) is 1. The Morgan fingerprint density at radius 3 is 1.19 bits per heavy atom. The van der Waals surface area contributed by atoms with Crippen molar-refractivity contribution in [2.45, 2.75) is 289 Å². The number of hydrogen-bond acceptors (Lipinski definition) is 5. The molecule has 3 N–H and O–H groups in total. The summed E-state index contributed by atoms with van der Waals surface area (Å²) < 4.78 is 23.6. The molecule has 0 aromatic rings. The maximum absolute atomic E-state index is 12.9. The van der Waals surface area contributed by atoms with Crippen molar-refractivity contribution in [1.29, 1.82) is 0 Å². The van der Waals surface area contributed by atoms with Crippen LogP contribution in [0, 0.1) is 0 Å². The second kappa shape index (κ2) is 49.7. The Labute approximate surface area is 417 Å².